The van der Waals surface area contributed by atoms with Gasteiger partial charge in [-0.1, -0.05) is 0 Å². The molecule has 0 aliphatic heterocycles. The van der Waals surface area contributed by atoms with Gasteiger partial charge in [0.25, 0.3) is 10.0 Å². The molecule has 0 atom stereocenters. The third-order valence-electron chi connectivity index (χ3n) is 2.98. The molecule has 0 aromatic heterocycles. The van der Waals surface area contributed by atoms with Gasteiger partial charge in [-0.2, -0.15) is 0 Å². The summed E-state index contributed by atoms with van der Waals surface area (Å²) in [5, 5.41) is 8.57. The summed E-state index contributed by atoms with van der Waals surface area (Å²) in [5.41, 5.74) is 0.280. The van der Waals surface area contributed by atoms with E-state index in [0.29, 0.717) is 5.56 Å². The van der Waals surface area contributed by atoms with Crippen molar-refractivity contribution in [3.05, 3.63) is 53.6 Å². The highest BCUT2D eigenvalue weighted by atomic mass is 32.2. The number of carboxylic acid groups (broad SMARTS) is 1. The Bertz CT molecular complexity index is 883. The zero-order valence-electron chi connectivity index (χ0n) is 12.4. The normalized spacial score (nSPS) is 11.1. The van der Waals surface area contributed by atoms with Gasteiger partial charge in [0.1, 0.15) is 5.75 Å². The van der Waals surface area contributed by atoms with Gasteiger partial charge in [0.2, 0.25) is 0 Å². The number of ether oxygens (including phenoxy) is 1. The molecule has 24 heavy (non-hydrogen) atoms. The summed E-state index contributed by atoms with van der Waals surface area (Å²) >= 11 is 0. The predicted molar refractivity (Wildman–Crippen MR) is 81.5 cm³/mol. The molecular formula is C15H13F2NO5S. The molecule has 0 amide bonds. The van der Waals surface area contributed by atoms with E-state index >= 15 is 0 Å². The van der Waals surface area contributed by atoms with Crippen LogP contribution in [0.4, 0.5) is 14.5 Å². The number of hydrogen-bond donors (Lipinski definition) is 2. The Morgan fingerprint density at radius 2 is 1.88 bits per heavy atom. The maximum absolute atomic E-state index is 13.1. The fraction of sp³-hybridized carbons (Fsp3) is 0.133. The number of hydrogen-bond acceptors (Lipinski definition) is 4. The molecule has 6 nitrogen and oxygen atoms in total. The van der Waals surface area contributed by atoms with Crippen molar-refractivity contribution in [2.75, 3.05) is 11.3 Å². The lowest BCUT2D eigenvalue weighted by molar-refractivity contribution is -0.139. The molecule has 0 saturated heterocycles. The second kappa shape index (κ2) is 6.83. The van der Waals surface area contributed by atoms with E-state index in [2.05, 4.69) is 4.72 Å². The van der Waals surface area contributed by atoms with E-state index in [4.69, 9.17) is 9.84 Å². The van der Waals surface area contributed by atoms with E-state index in [9.17, 15) is 22.0 Å². The summed E-state index contributed by atoms with van der Waals surface area (Å²) in [6.45, 7) is 0.994. The number of nitrogens with one attached hydrogen (secondary N) is 1. The monoisotopic (exact) mass is 357 g/mol. The SMILES string of the molecule is Cc1cc(S(=O)(=O)Nc2ccc(F)c(F)c2)ccc1OCC(=O)O. The summed E-state index contributed by atoms with van der Waals surface area (Å²) in [7, 11) is -4.02. The molecule has 0 aliphatic rings. The van der Waals surface area contributed by atoms with Crippen LogP contribution >= 0.6 is 0 Å². The molecule has 2 N–H and O–H groups in total. The molecule has 0 heterocycles. The number of aryl methyl sites for hydroxylation is 1. The van der Waals surface area contributed by atoms with E-state index in [-0.39, 0.29) is 16.3 Å². The summed E-state index contributed by atoms with van der Waals surface area (Å²) in [6.07, 6.45) is 0. The Kier molecular flexibility index (Phi) is 5.03. The summed E-state index contributed by atoms with van der Waals surface area (Å²) in [6, 6.07) is 6.43. The largest absolute Gasteiger partial charge is 0.482 e. The predicted octanol–water partition coefficient (Wildman–Crippen LogP) is 2.54. The van der Waals surface area contributed by atoms with E-state index in [1.165, 1.54) is 18.2 Å². The second-order valence-electron chi connectivity index (χ2n) is 4.84. The first-order valence-electron chi connectivity index (χ1n) is 6.62. The van der Waals surface area contributed by atoms with Crippen LogP contribution in [0.15, 0.2) is 41.3 Å². The lowest BCUT2D eigenvalue weighted by atomic mass is 10.2. The number of carboxylic acids is 1. The average Bonchev–Trinajstić information content (AvgIpc) is 2.49. The highest BCUT2D eigenvalue weighted by Crippen LogP contribution is 2.24. The fourth-order valence-electron chi connectivity index (χ4n) is 1.86. The van der Waals surface area contributed by atoms with Crippen molar-refractivity contribution in [2.24, 2.45) is 0 Å². The van der Waals surface area contributed by atoms with Crippen LogP contribution in [0, 0.1) is 18.6 Å². The minimum Gasteiger partial charge on any atom is -0.482 e. The molecule has 0 radical (unpaired) electrons. The third kappa shape index (κ3) is 4.19. The Morgan fingerprint density at radius 1 is 1.17 bits per heavy atom. The summed E-state index contributed by atoms with van der Waals surface area (Å²) < 4.78 is 57.7. The van der Waals surface area contributed by atoms with Crippen LogP contribution in [-0.4, -0.2) is 26.1 Å². The number of carbonyl (C=O) groups is 1. The minimum atomic E-state index is -4.02. The molecule has 9 heteroatoms. The van der Waals surface area contributed by atoms with E-state index in [1.807, 2.05) is 0 Å². The highest BCUT2D eigenvalue weighted by molar-refractivity contribution is 7.92. The minimum absolute atomic E-state index is 0.127. The number of benzene rings is 2. The van der Waals surface area contributed by atoms with Gasteiger partial charge < -0.3 is 9.84 Å². The molecule has 0 saturated carbocycles. The van der Waals surface area contributed by atoms with Crippen LogP contribution in [0.2, 0.25) is 0 Å². The molecular weight excluding hydrogens is 344 g/mol. The Morgan fingerprint density at radius 3 is 2.46 bits per heavy atom. The molecule has 0 unspecified atom stereocenters. The second-order valence-corrected chi connectivity index (χ2v) is 6.53. The first kappa shape index (κ1) is 17.7. The zero-order chi connectivity index (χ0) is 17.9. The van der Waals surface area contributed by atoms with Crippen molar-refractivity contribution < 1.29 is 31.8 Å². The Labute approximate surface area is 136 Å². The number of rotatable bonds is 6. The van der Waals surface area contributed by atoms with Crippen molar-refractivity contribution in [2.45, 2.75) is 11.8 Å². The van der Waals surface area contributed by atoms with Gasteiger partial charge in [0.15, 0.2) is 18.2 Å². The highest BCUT2D eigenvalue weighted by Gasteiger charge is 2.17. The van der Waals surface area contributed by atoms with Gasteiger partial charge >= 0.3 is 5.97 Å². The van der Waals surface area contributed by atoms with Crippen molar-refractivity contribution in [1.29, 1.82) is 0 Å². The molecule has 2 aromatic rings. The molecule has 0 bridgehead atoms. The van der Waals surface area contributed by atoms with Gasteiger partial charge in [-0.05, 0) is 42.8 Å². The van der Waals surface area contributed by atoms with Crippen molar-refractivity contribution in [1.82, 2.24) is 0 Å². The fourth-order valence-corrected chi connectivity index (χ4v) is 3.00. The van der Waals surface area contributed by atoms with Crippen molar-refractivity contribution in [3.63, 3.8) is 0 Å². The standard InChI is InChI=1S/C15H13F2NO5S/c1-9-6-11(3-5-14(9)23-8-15(19)20)24(21,22)18-10-2-4-12(16)13(17)7-10/h2-7,18H,8H2,1H3,(H,19,20). The van der Waals surface area contributed by atoms with Gasteiger partial charge in [0, 0.05) is 6.07 Å². The smallest absolute Gasteiger partial charge is 0.341 e. The first-order valence-corrected chi connectivity index (χ1v) is 8.10. The number of anilines is 1. The molecule has 128 valence electrons. The zero-order valence-corrected chi connectivity index (χ0v) is 13.2. The number of aliphatic carboxylic acids is 1. The molecule has 2 aromatic carbocycles. The quantitative estimate of drug-likeness (QED) is 0.829. The van der Waals surface area contributed by atoms with Crippen molar-refractivity contribution in [3.8, 4) is 5.75 Å². The van der Waals surface area contributed by atoms with Crippen LogP contribution in [0.3, 0.4) is 0 Å². The van der Waals surface area contributed by atoms with Gasteiger partial charge in [-0.3, -0.25) is 4.72 Å². The van der Waals surface area contributed by atoms with E-state index in [1.54, 1.807) is 6.92 Å². The Balaban J connectivity index is 2.24. The molecule has 0 spiro atoms. The lowest BCUT2D eigenvalue weighted by Gasteiger charge is -2.11. The summed E-state index contributed by atoms with van der Waals surface area (Å²) in [4.78, 5) is 10.3. The van der Waals surface area contributed by atoms with Gasteiger partial charge in [-0.25, -0.2) is 22.0 Å². The summed E-state index contributed by atoms with van der Waals surface area (Å²) in [5.74, 6) is -3.20. The van der Waals surface area contributed by atoms with E-state index in [0.717, 1.165) is 18.2 Å². The van der Waals surface area contributed by atoms with E-state index < -0.39 is 34.2 Å². The maximum atomic E-state index is 13.1. The maximum Gasteiger partial charge on any atom is 0.341 e. The molecule has 2 rings (SSSR count). The third-order valence-corrected chi connectivity index (χ3v) is 4.36. The van der Waals surface area contributed by atoms with Gasteiger partial charge in [-0.15, -0.1) is 0 Å². The van der Waals surface area contributed by atoms with Crippen LogP contribution in [0.25, 0.3) is 0 Å². The first-order chi connectivity index (χ1) is 11.2. The lowest BCUT2D eigenvalue weighted by Crippen LogP contribution is -2.14. The van der Waals surface area contributed by atoms with Crippen LogP contribution in [0.5, 0.6) is 5.75 Å². The van der Waals surface area contributed by atoms with Crippen molar-refractivity contribution >= 4 is 21.7 Å². The van der Waals surface area contributed by atoms with Crippen LogP contribution in [0.1, 0.15) is 5.56 Å². The molecule has 0 fully saturated rings. The number of sulfonamides is 1. The number of halogens is 2. The van der Waals surface area contributed by atoms with Crippen LogP contribution in [-0.2, 0) is 14.8 Å². The van der Waals surface area contributed by atoms with Crippen LogP contribution < -0.4 is 9.46 Å². The Hall–Kier alpha value is -2.68. The molecule has 0 aliphatic carbocycles. The topological polar surface area (TPSA) is 92.7 Å². The van der Waals surface area contributed by atoms with Gasteiger partial charge in [0.05, 0.1) is 10.6 Å². The average molecular weight is 357 g/mol.